The van der Waals surface area contributed by atoms with Crippen LogP contribution in [0.2, 0.25) is 0 Å². The van der Waals surface area contributed by atoms with E-state index in [1.807, 2.05) is 74.6 Å². The summed E-state index contributed by atoms with van der Waals surface area (Å²) in [5.41, 5.74) is 1.95. The van der Waals surface area contributed by atoms with Gasteiger partial charge in [0, 0.05) is 37.2 Å². The molecule has 170 valence electrons. The molecule has 0 saturated heterocycles. The molecule has 0 spiro atoms. The van der Waals surface area contributed by atoms with Crippen LogP contribution in [0.5, 0.6) is 5.75 Å². The van der Waals surface area contributed by atoms with Crippen LogP contribution in [0.25, 0.3) is 5.82 Å². The number of nitrogens with zero attached hydrogens (tertiary/aromatic N) is 4. The Bertz CT molecular complexity index is 1140. The lowest BCUT2D eigenvalue weighted by molar-refractivity contribution is 0.242. The van der Waals surface area contributed by atoms with Crippen LogP contribution in [-0.2, 0) is 13.0 Å². The fourth-order valence-corrected chi connectivity index (χ4v) is 3.18. The smallest absolute Gasteiger partial charge is 0.196 e. The third kappa shape index (κ3) is 6.70. The molecule has 4 aromatic rings. The highest BCUT2D eigenvalue weighted by Gasteiger charge is 2.05. The number of furan rings is 1. The summed E-state index contributed by atoms with van der Waals surface area (Å²) in [4.78, 5) is 9.16. The molecule has 2 N–H and O–H groups in total. The molecule has 0 aliphatic carbocycles. The molecule has 0 bridgehead atoms. The molecular formula is C25H28N6O2. The molecule has 0 aliphatic heterocycles. The second kappa shape index (κ2) is 11.0. The second-order valence-corrected chi connectivity index (χ2v) is 7.71. The molecule has 8 nitrogen and oxygen atoms in total. The van der Waals surface area contributed by atoms with Gasteiger partial charge in [-0.1, -0.05) is 0 Å². The number of ether oxygens (including phenoxy) is 1. The van der Waals surface area contributed by atoms with Crippen LogP contribution in [-0.4, -0.2) is 33.4 Å². The lowest BCUT2D eigenvalue weighted by Crippen LogP contribution is -2.32. The number of rotatable bonds is 9. The highest BCUT2D eigenvalue weighted by Crippen LogP contribution is 2.17. The summed E-state index contributed by atoms with van der Waals surface area (Å²) in [6.45, 7) is 5.19. The average Bonchev–Trinajstić information content (AvgIpc) is 3.53. The van der Waals surface area contributed by atoms with Crippen LogP contribution in [0.4, 0.5) is 5.69 Å². The number of hydrogen-bond donors (Lipinski definition) is 2. The van der Waals surface area contributed by atoms with Crippen molar-refractivity contribution in [1.29, 1.82) is 0 Å². The topological polar surface area (TPSA) is 89.5 Å². The van der Waals surface area contributed by atoms with Gasteiger partial charge >= 0.3 is 0 Å². The maximum atomic E-state index is 5.73. The quantitative estimate of drug-likeness (QED) is 0.293. The van der Waals surface area contributed by atoms with E-state index in [0.717, 1.165) is 35.0 Å². The van der Waals surface area contributed by atoms with Crippen molar-refractivity contribution in [2.24, 2.45) is 4.99 Å². The van der Waals surface area contributed by atoms with Crippen molar-refractivity contribution in [3.05, 3.63) is 90.8 Å². The average molecular weight is 445 g/mol. The number of aliphatic imine (C=N–C) groups is 1. The number of guanidine groups is 1. The molecule has 0 unspecified atom stereocenters. The van der Waals surface area contributed by atoms with Gasteiger partial charge in [0.05, 0.1) is 18.9 Å². The first kappa shape index (κ1) is 22.1. The van der Waals surface area contributed by atoms with Gasteiger partial charge in [-0.25, -0.2) is 14.7 Å². The van der Waals surface area contributed by atoms with E-state index < -0.39 is 0 Å². The van der Waals surface area contributed by atoms with Gasteiger partial charge in [0.15, 0.2) is 11.8 Å². The Balaban J connectivity index is 1.45. The molecular weight excluding hydrogens is 416 g/mol. The minimum atomic E-state index is 0.135. The van der Waals surface area contributed by atoms with Gasteiger partial charge in [-0.15, -0.1) is 0 Å². The Hall–Kier alpha value is -4.07. The summed E-state index contributed by atoms with van der Waals surface area (Å²) in [7, 11) is 0. The summed E-state index contributed by atoms with van der Waals surface area (Å²) < 4.78 is 12.9. The van der Waals surface area contributed by atoms with Crippen LogP contribution in [0, 0.1) is 0 Å². The number of aromatic nitrogens is 3. The van der Waals surface area contributed by atoms with Crippen molar-refractivity contribution in [3.63, 3.8) is 0 Å². The Kier molecular flexibility index (Phi) is 7.37. The number of pyridine rings is 1. The summed E-state index contributed by atoms with van der Waals surface area (Å²) in [5, 5.41) is 11.0. The summed E-state index contributed by atoms with van der Waals surface area (Å²) >= 11 is 0. The Morgan fingerprint density at radius 1 is 1.12 bits per heavy atom. The van der Waals surface area contributed by atoms with Gasteiger partial charge in [-0.2, -0.15) is 5.10 Å². The molecule has 0 fully saturated rings. The summed E-state index contributed by atoms with van der Waals surface area (Å²) in [6.07, 6.45) is 7.95. The van der Waals surface area contributed by atoms with E-state index in [1.54, 1.807) is 23.3 Å². The van der Waals surface area contributed by atoms with Crippen LogP contribution < -0.4 is 15.4 Å². The molecule has 0 amide bonds. The molecule has 0 radical (unpaired) electrons. The SMILES string of the molecule is CC(C)Oc1ccc(NC(=NCc2ccnc(-n3cccn3)c2)NCCc2ccco2)cc1. The largest absolute Gasteiger partial charge is 0.491 e. The fourth-order valence-electron chi connectivity index (χ4n) is 3.18. The minimum absolute atomic E-state index is 0.135. The van der Waals surface area contributed by atoms with Gasteiger partial charge < -0.3 is 19.8 Å². The van der Waals surface area contributed by atoms with E-state index in [-0.39, 0.29) is 6.10 Å². The van der Waals surface area contributed by atoms with Crippen molar-refractivity contribution in [3.8, 4) is 11.6 Å². The second-order valence-electron chi connectivity index (χ2n) is 7.71. The lowest BCUT2D eigenvalue weighted by atomic mass is 10.2. The van der Waals surface area contributed by atoms with E-state index in [9.17, 15) is 0 Å². The van der Waals surface area contributed by atoms with E-state index in [0.29, 0.717) is 19.0 Å². The number of hydrogen-bond acceptors (Lipinski definition) is 5. The first-order valence-electron chi connectivity index (χ1n) is 10.9. The highest BCUT2D eigenvalue weighted by atomic mass is 16.5. The third-order valence-electron chi connectivity index (χ3n) is 4.70. The van der Waals surface area contributed by atoms with E-state index in [4.69, 9.17) is 14.1 Å². The molecule has 1 aromatic carbocycles. The lowest BCUT2D eigenvalue weighted by Gasteiger charge is -2.14. The maximum absolute atomic E-state index is 5.73. The van der Waals surface area contributed by atoms with Crippen LogP contribution in [0.1, 0.15) is 25.2 Å². The van der Waals surface area contributed by atoms with Crippen LogP contribution in [0.15, 0.2) is 88.9 Å². The Labute approximate surface area is 193 Å². The number of nitrogens with one attached hydrogen (secondary N) is 2. The number of benzene rings is 1. The van der Waals surface area contributed by atoms with E-state index >= 15 is 0 Å². The molecule has 4 rings (SSSR count). The van der Waals surface area contributed by atoms with Gasteiger partial charge in [0.1, 0.15) is 11.5 Å². The number of anilines is 1. The third-order valence-corrected chi connectivity index (χ3v) is 4.70. The molecule has 3 heterocycles. The maximum Gasteiger partial charge on any atom is 0.196 e. The standard InChI is InChI=1S/C25H28N6O2/c1-19(2)33-23-8-6-21(7-9-23)30-25(27-14-11-22-5-3-16-32-22)28-18-20-10-13-26-24(17-20)31-15-4-12-29-31/h3-10,12-13,15-17,19H,11,14,18H2,1-2H3,(H2,27,28,30). The van der Waals surface area contributed by atoms with Crippen LogP contribution in [0.3, 0.4) is 0 Å². The van der Waals surface area contributed by atoms with Crippen molar-refractivity contribution < 1.29 is 9.15 Å². The zero-order chi connectivity index (χ0) is 22.9. The zero-order valence-electron chi connectivity index (χ0n) is 18.8. The minimum Gasteiger partial charge on any atom is -0.491 e. The van der Waals surface area contributed by atoms with Gasteiger partial charge in [0.25, 0.3) is 0 Å². The van der Waals surface area contributed by atoms with Gasteiger partial charge in [-0.05, 0) is 74.0 Å². The Morgan fingerprint density at radius 3 is 2.73 bits per heavy atom. The molecule has 3 aromatic heterocycles. The van der Waals surface area contributed by atoms with E-state index in [2.05, 4.69) is 20.7 Å². The van der Waals surface area contributed by atoms with Crippen molar-refractivity contribution in [1.82, 2.24) is 20.1 Å². The molecule has 0 aliphatic rings. The van der Waals surface area contributed by atoms with Gasteiger partial charge in [0.2, 0.25) is 0 Å². The Morgan fingerprint density at radius 2 is 2.00 bits per heavy atom. The van der Waals surface area contributed by atoms with Crippen molar-refractivity contribution in [2.75, 3.05) is 11.9 Å². The summed E-state index contributed by atoms with van der Waals surface area (Å²) in [5.74, 6) is 3.20. The predicted octanol–water partition coefficient (Wildman–Crippen LogP) is 4.45. The normalized spacial score (nSPS) is 11.5. The molecule has 33 heavy (non-hydrogen) atoms. The van der Waals surface area contributed by atoms with Crippen molar-refractivity contribution in [2.45, 2.75) is 32.9 Å². The van der Waals surface area contributed by atoms with Gasteiger partial charge in [-0.3, -0.25) is 0 Å². The molecule has 0 atom stereocenters. The first-order chi connectivity index (χ1) is 16.2. The van der Waals surface area contributed by atoms with E-state index in [1.165, 1.54) is 0 Å². The highest BCUT2D eigenvalue weighted by molar-refractivity contribution is 5.93. The van der Waals surface area contributed by atoms with Crippen molar-refractivity contribution >= 4 is 11.6 Å². The predicted molar refractivity (Wildman–Crippen MR) is 129 cm³/mol. The van der Waals surface area contributed by atoms with Crippen LogP contribution >= 0.6 is 0 Å². The molecule has 8 heteroatoms. The first-order valence-corrected chi connectivity index (χ1v) is 10.9. The summed E-state index contributed by atoms with van der Waals surface area (Å²) in [6, 6.07) is 17.5. The monoisotopic (exact) mass is 444 g/mol. The molecule has 0 saturated carbocycles. The zero-order valence-corrected chi connectivity index (χ0v) is 18.8. The fraction of sp³-hybridized carbons (Fsp3) is 0.240.